The van der Waals surface area contributed by atoms with Crippen molar-refractivity contribution in [1.82, 2.24) is 5.32 Å². The summed E-state index contributed by atoms with van der Waals surface area (Å²) in [4.78, 5) is 12.1. The Kier molecular flexibility index (Phi) is 4.58. The standard InChI is InChI=1S/C16H20N2O2/c1-3-14-8-9-15(20-14)16(19)18-11(2)13-6-4-12(10-17)5-7-13/h4-9,11H,3,10,17H2,1-2H3,(H,18,19). The molecule has 2 rings (SSSR count). The van der Waals surface area contributed by atoms with Gasteiger partial charge in [-0.2, -0.15) is 0 Å². The number of hydrogen-bond acceptors (Lipinski definition) is 3. The lowest BCUT2D eigenvalue weighted by Crippen LogP contribution is -2.26. The second-order valence-electron chi connectivity index (χ2n) is 4.76. The lowest BCUT2D eigenvalue weighted by Gasteiger charge is -2.13. The summed E-state index contributed by atoms with van der Waals surface area (Å²) in [6, 6.07) is 11.4. The van der Waals surface area contributed by atoms with Gasteiger partial charge < -0.3 is 15.5 Å². The highest BCUT2D eigenvalue weighted by molar-refractivity contribution is 5.91. The van der Waals surface area contributed by atoms with Crippen LogP contribution >= 0.6 is 0 Å². The minimum Gasteiger partial charge on any atom is -0.456 e. The molecule has 1 amide bonds. The van der Waals surface area contributed by atoms with Gasteiger partial charge in [0.2, 0.25) is 0 Å². The van der Waals surface area contributed by atoms with Crippen LogP contribution in [-0.4, -0.2) is 5.91 Å². The van der Waals surface area contributed by atoms with Gasteiger partial charge in [-0.25, -0.2) is 0 Å². The third kappa shape index (κ3) is 3.27. The van der Waals surface area contributed by atoms with Crippen LogP contribution in [0.3, 0.4) is 0 Å². The summed E-state index contributed by atoms with van der Waals surface area (Å²) in [6.45, 7) is 4.45. The number of nitrogens with one attached hydrogen (secondary N) is 1. The molecule has 1 atom stereocenters. The van der Waals surface area contributed by atoms with Gasteiger partial charge in [-0.05, 0) is 30.2 Å². The fraction of sp³-hybridized carbons (Fsp3) is 0.312. The summed E-state index contributed by atoms with van der Waals surface area (Å²) in [7, 11) is 0. The number of carbonyl (C=O) groups excluding carboxylic acids is 1. The minimum absolute atomic E-state index is 0.0792. The molecule has 0 fully saturated rings. The van der Waals surface area contributed by atoms with Crippen LogP contribution in [0.15, 0.2) is 40.8 Å². The van der Waals surface area contributed by atoms with E-state index in [4.69, 9.17) is 10.2 Å². The van der Waals surface area contributed by atoms with Crippen LogP contribution in [0.25, 0.3) is 0 Å². The quantitative estimate of drug-likeness (QED) is 0.879. The van der Waals surface area contributed by atoms with Crippen molar-refractivity contribution in [3.05, 3.63) is 59.0 Å². The van der Waals surface area contributed by atoms with E-state index < -0.39 is 0 Å². The lowest BCUT2D eigenvalue weighted by molar-refractivity contribution is 0.0910. The first-order valence-electron chi connectivity index (χ1n) is 6.82. The number of carbonyl (C=O) groups is 1. The number of amides is 1. The molecule has 0 bridgehead atoms. The van der Waals surface area contributed by atoms with Crippen molar-refractivity contribution >= 4 is 5.91 Å². The first-order valence-corrected chi connectivity index (χ1v) is 6.82. The smallest absolute Gasteiger partial charge is 0.287 e. The molecule has 0 aliphatic heterocycles. The molecular formula is C16H20N2O2. The predicted molar refractivity (Wildman–Crippen MR) is 78.3 cm³/mol. The maximum Gasteiger partial charge on any atom is 0.287 e. The van der Waals surface area contributed by atoms with Crippen molar-refractivity contribution < 1.29 is 9.21 Å². The maximum absolute atomic E-state index is 12.1. The highest BCUT2D eigenvalue weighted by Gasteiger charge is 2.14. The summed E-state index contributed by atoms with van der Waals surface area (Å²) in [5, 5.41) is 2.92. The molecule has 0 spiro atoms. The van der Waals surface area contributed by atoms with E-state index in [0.717, 1.165) is 23.3 Å². The lowest BCUT2D eigenvalue weighted by atomic mass is 10.1. The molecule has 20 heavy (non-hydrogen) atoms. The molecular weight excluding hydrogens is 252 g/mol. The summed E-state index contributed by atoms with van der Waals surface area (Å²) in [6.07, 6.45) is 0.781. The van der Waals surface area contributed by atoms with Crippen LogP contribution in [-0.2, 0) is 13.0 Å². The van der Waals surface area contributed by atoms with Crippen LogP contribution in [0.4, 0.5) is 0 Å². The average Bonchev–Trinajstić information content (AvgIpc) is 2.96. The van der Waals surface area contributed by atoms with Gasteiger partial charge in [0.05, 0.1) is 6.04 Å². The first-order chi connectivity index (χ1) is 9.63. The van der Waals surface area contributed by atoms with Crippen LogP contribution in [0, 0.1) is 0 Å². The van der Waals surface area contributed by atoms with E-state index >= 15 is 0 Å². The zero-order chi connectivity index (χ0) is 14.5. The Morgan fingerprint density at radius 2 is 1.95 bits per heavy atom. The number of nitrogens with two attached hydrogens (primary N) is 1. The molecule has 106 valence electrons. The number of rotatable bonds is 5. The second kappa shape index (κ2) is 6.39. The van der Waals surface area contributed by atoms with Gasteiger partial charge >= 0.3 is 0 Å². The van der Waals surface area contributed by atoms with Crippen molar-refractivity contribution in [3.8, 4) is 0 Å². The zero-order valence-electron chi connectivity index (χ0n) is 11.8. The Labute approximate surface area is 119 Å². The molecule has 0 aliphatic rings. The van der Waals surface area contributed by atoms with Gasteiger partial charge in [-0.15, -0.1) is 0 Å². The molecule has 4 nitrogen and oxygen atoms in total. The van der Waals surface area contributed by atoms with Crippen molar-refractivity contribution in [2.24, 2.45) is 5.73 Å². The molecule has 1 heterocycles. The largest absolute Gasteiger partial charge is 0.456 e. The summed E-state index contributed by atoms with van der Waals surface area (Å²) >= 11 is 0. The van der Waals surface area contributed by atoms with E-state index in [1.165, 1.54) is 0 Å². The highest BCUT2D eigenvalue weighted by atomic mass is 16.3. The molecule has 1 aromatic heterocycles. The summed E-state index contributed by atoms with van der Waals surface area (Å²) in [5.74, 6) is 0.975. The Hall–Kier alpha value is -2.07. The Balaban J connectivity index is 2.02. The normalized spacial score (nSPS) is 12.2. The Morgan fingerprint density at radius 3 is 2.50 bits per heavy atom. The fourth-order valence-corrected chi connectivity index (χ4v) is 1.98. The second-order valence-corrected chi connectivity index (χ2v) is 4.76. The van der Waals surface area contributed by atoms with Crippen LogP contribution < -0.4 is 11.1 Å². The Bertz CT molecular complexity index is 572. The summed E-state index contributed by atoms with van der Waals surface area (Å²) < 4.78 is 5.44. The maximum atomic E-state index is 12.1. The summed E-state index contributed by atoms with van der Waals surface area (Å²) in [5.41, 5.74) is 7.68. The topological polar surface area (TPSA) is 68.3 Å². The van der Waals surface area contributed by atoms with Gasteiger partial charge in [-0.1, -0.05) is 31.2 Å². The molecule has 0 radical (unpaired) electrons. The van der Waals surface area contributed by atoms with Crippen molar-refractivity contribution in [2.45, 2.75) is 32.9 Å². The molecule has 4 heteroatoms. The van der Waals surface area contributed by atoms with Gasteiger partial charge in [0, 0.05) is 13.0 Å². The van der Waals surface area contributed by atoms with Crippen molar-refractivity contribution in [3.63, 3.8) is 0 Å². The van der Waals surface area contributed by atoms with E-state index in [2.05, 4.69) is 5.32 Å². The van der Waals surface area contributed by atoms with E-state index in [1.807, 2.05) is 44.2 Å². The fourth-order valence-electron chi connectivity index (χ4n) is 1.98. The monoisotopic (exact) mass is 272 g/mol. The van der Waals surface area contributed by atoms with Crippen molar-refractivity contribution in [2.75, 3.05) is 0 Å². The van der Waals surface area contributed by atoms with Crippen LogP contribution in [0.2, 0.25) is 0 Å². The van der Waals surface area contributed by atoms with E-state index in [0.29, 0.717) is 12.3 Å². The molecule has 1 aromatic carbocycles. The third-order valence-electron chi connectivity index (χ3n) is 3.30. The third-order valence-corrected chi connectivity index (χ3v) is 3.30. The number of furan rings is 1. The minimum atomic E-state index is -0.194. The molecule has 0 saturated heterocycles. The molecule has 3 N–H and O–H groups in total. The zero-order valence-corrected chi connectivity index (χ0v) is 11.8. The van der Waals surface area contributed by atoms with Gasteiger partial charge in [0.1, 0.15) is 5.76 Å². The van der Waals surface area contributed by atoms with Gasteiger partial charge in [0.15, 0.2) is 5.76 Å². The highest BCUT2D eigenvalue weighted by Crippen LogP contribution is 2.15. The SMILES string of the molecule is CCc1ccc(C(=O)NC(C)c2ccc(CN)cc2)o1. The number of hydrogen-bond donors (Lipinski definition) is 2. The predicted octanol–water partition coefficient (Wildman–Crippen LogP) is 2.79. The van der Waals surface area contributed by atoms with Gasteiger partial charge in [-0.3, -0.25) is 4.79 Å². The van der Waals surface area contributed by atoms with Gasteiger partial charge in [0.25, 0.3) is 5.91 Å². The van der Waals surface area contributed by atoms with E-state index in [1.54, 1.807) is 6.07 Å². The van der Waals surface area contributed by atoms with Crippen LogP contribution in [0.5, 0.6) is 0 Å². The molecule has 0 aliphatic carbocycles. The molecule has 1 unspecified atom stereocenters. The first kappa shape index (κ1) is 14.3. The van der Waals surface area contributed by atoms with Crippen molar-refractivity contribution in [1.29, 1.82) is 0 Å². The van der Waals surface area contributed by atoms with E-state index in [-0.39, 0.29) is 11.9 Å². The Morgan fingerprint density at radius 1 is 1.25 bits per heavy atom. The average molecular weight is 272 g/mol. The molecule has 2 aromatic rings. The van der Waals surface area contributed by atoms with E-state index in [9.17, 15) is 4.79 Å². The molecule has 0 saturated carbocycles. The number of aryl methyl sites for hydroxylation is 1. The number of benzene rings is 1. The van der Waals surface area contributed by atoms with Crippen LogP contribution in [0.1, 0.15) is 47.3 Å².